The summed E-state index contributed by atoms with van der Waals surface area (Å²) in [4.78, 5) is 0.270. The largest absolute Gasteiger partial charge is 0.267 e. The van der Waals surface area contributed by atoms with Gasteiger partial charge in [0.05, 0.1) is 12.2 Å². The standard InChI is InChI=1S/C18H27N3O2S/c1-14(2)11-19-24(22,23)16-13-21(20-17(16)18(3,4)5)12-15-9-7-6-8-10-15/h6-10,13-14,19H,11-12H2,1-5H3. The third-order valence-electron chi connectivity index (χ3n) is 3.60. The number of benzene rings is 1. The third-order valence-corrected chi connectivity index (χ3v) is 5.02. The van der Waals surface area contributed by atoms with Gasteiger partial charge >= 0.3 is 0 Å². The third kappa shape index (κ3) is 4.68. The lowest BCUT2D eigenvalue weighted by Crippen LogP contribution is -2.29. The predicted octanol–water partition coefficient (Wildman–Crippen LogP) is 3.16. The molecule has 0 fully saturated rings. The van der Waals surface area contributed by atoms with Crippen molar-refractivity contribution in [2.45, 2.75) is 51.5 Å². The van der Waals surface area contributed by atoms with Crippen molar-refractivity contribution in [3.05, 3.63) is 47.8 Å². The highest BCUT2D eigenvalue weighted by atomic mass is 32.2. The zero-order chi connectivity index (χ0) is 18.0. The quantitative estimate of drug-likeness (QED) is 0.871. The van der Waals surface area contributed by atoms with Gasteiger partial charge < -0.3 is 0 Å². The number of nitrogens with one attached hydrogen (secondary N) is 1. The van der Waals surface area contributed by atoms with E-state index in [9.17, 15) is 8.42 Å². The Labute approximate surface area is 145 Å². The van der Waals surface area contributed by atoms with Gasteiger partial charge in [-0.05, 0) is 11.5 Å². The number of nitrogens with zero attached hydrogens (tertiary/aromatic N) is 2. The number of hydrogen-bond acceptors (Lipinski definition) is 3. The van der Waals surface area contributed by atoms with Crippen LogP contribution >= 0.6 is 0 Å². The van der Waals surface area contributed by atoms with E-state index in [4.69, 9.17) is 0 Å². The molecule has 0 spiro atoms. The van der Waals surface area contributed by atoms with Crippen molar-refractivity contribution in [1.29, 1.82) is 0 Å². The van der Waals surface area contributed by atoms with Crippen molar-refractivity contribution in [2.75, 3.05) is 6.54 Å². The molecule has 5 nitrogen and oxygen atoms in total. The van der Waals surface area contributed by atoms with Crippen LogP contribution in [0.1, 0.15) is 45.9 Å². The number of hydrogen-bond donors (Lipinski definition) is 1. The highest BCUT2D eigenvalue weighted by molar-refractivity contribution is 7.89. The maximum absolute atomic E-state index is 12.7. The molecular formula is C18H27N3O2S. The van der Waals surface area contributed by atoms with Gasteiger partial charge in [0.25, 0.3) is 0 Å². The molecule has 0 aliphatic carbocycles. The molecule has 132 valence electrons. The van der Waals surface area contributed by atoms with Crippen molar-refractivity contribution in [3.8, 4) is 0 Å². The highest BCUT2D eigenvalue weighted by Crippen LogP contribution is 2.27. The van der Waals surface area contributed by atoms with E-state index in [0.717, 1.165) is 5.56 Å². The summed E-state index contributed by atoms with van der Waals surface area (Å²) in [6.07, 6.45) is 1.64. The molecule has 1 aromatic carbocycles. The monoisotopic (exact) mass is 349 g/mol. The van der Waals surface area contributed by atoms with Crippen LogP contribution in [-0.2, 0) is 22.0 Å². The van der Waals surface area contributed by atoms with Crippen molar-refractivity contribution < 1.29 is 8.42 Å². The van der Waals surface area contributed by atoms with Crippen LogP contribution in [0.5, 0.6) is 0 Å². The first kappa shape index (κ1) is 18.7. The lowest BCUT2D eigenvalue weighted by molar-refractivity contribution is 0.528. The van der Waals surface area contributed by atoms with E-state index in [1.807, 2.05) is 65.0 Å². The average Bonchev–Trinajstić information content (AvgIpc) is 2.91. The molecule has 0 bridgehead atoms. The van der Waals surface area contributed by atoms with Gasteiger partial charge in [-0.2, -0.15) is 5.10 Å². The van der Waals surface area contributed by atoms with Crippen LogP contribution in [-0.4, -0.2) is 24.7 Å². The van der Waals surface area contributed by atoms with E-state index >= 15 is 0 Å². The lowest BCUT2D eigenvalue weighted by atomic mass is 9.92. The molecule has 0 unspecified atom stereocenters. The van der Waals surface area contributed by atoms with Gasteiger partial charge in [-0.3, -0.25) is 4.68 Å². The van der Waals surface area contributed by atoms with Crippen molar-refractivity contribution in [2.24, 2.45) is 5.92 Å². The fraction of sp³-hybridized carbons (Fsp3) is 0.500. The Morgan fingerprint density at radius 2 is 1.79 bits per heavy atom. The molecule has 1 aromatic heterocycles. The fourth-order valence-electron chi connectivity index (χ4n) is 2.32. The molecule has 0 aliphatic rings. The maximum atomic E-state index is 12.7. The SMILES string of the molecule is CC(C)CNS(=O)(=O)c1cn(Cc2ccccc2)nc1C(C)(C)C. The first-order chi connectivity index (χ1) is 11.1. The van der Waals surface area contributed by atoms with Crippen LogP contribution in [0.25, 0.3) is 0 Å². The number of sulfonamides is 1. The van der Waals surface area contributed by atoms with Crippen LogP contribution in [0.15, 0.2) is 41.4 Å². The Morgan fingerprint density at radius 1 is 1.17 bits per heavy atom. The molecular weight excluding hydrogens is 322 g/mol. The minimum absolute atomic E-state index is 0.247. The zero-order valence-corrected chi connectivity index (χ0v) is 15.9. The smallest absolute Gasteiger partial charge is 0.244 e. The summed E-state index contributed by atoms with van der Waals surface area (Å²) in [6, 6.07) is 9.89. The Morgan fingerprint density at radius 3 is 2.33 bits per heavy atom. The minimum atomic E-state index is -3.57. The molecule has 6 heteroatoms. The average molecular weight is 350 g/mol. The molecule has 0 amide bonds. The van der Waals surface area contributed by atoms with Gasteiger partial charge in [-0.25, -0.2) is 13.1 Å². The van der Waals surface area contributed by atoms with Crippen LogP contribution in [0.4, 0.5) is 0 Å². The molecule has 0 saturated heterocycles. The van der Waals surface area contributed by atoms with E-state index in [0.29, 0.717) is 18.8 Å². The van der Waals surface area contributed by atoms with E-state index in [1.54, 1.807) is 10.9 Å². The Kier molecular flexibility index (Phi) is 5.50. The fourth-order valence-corrected chi connectivity index (χ4v) is 3.90. The summed E-state index contributed by atoms with van der Waals surface area (Å²) in [5.41, 5.74) is 1.32. The second-order valence-electron chi connectivity index (χ2n) is 7.52. The summed E-state index contributed by atoms with van der Waals surface area (Å²) in [5.74, 6) is 0.247. The summed E-state index contributed by atoms with van der Waals surface area (Å²) < 4.78 is 29.8. The molecule has 2 aromatic rings. The van der Waals surface area contributed by atoms with Gasteiger partial charge in [-0.1, -0.05) is 65.0 Å². The second kappa shape index (κ2) is 7.07. The van der Waals surface area contributed by atoms with Crippen LogP contribution < -0.4 is 4.72 Å². The Balaban J connectivity index is 2.39. The molecule has 0 aliphatic heterocycles. The highest BCUT2D eigenvalue weighted by Gasteiger charge is 2.29. The van der Waals surface area contributed by atoms with E-state index < -0.39 is 10.0 Å². The lowest BCUT2D eigenvalue weighted by Gasteiger charge is -2.18. The molecule has 1 N–H and O–H groups in total. The first-order valence-corrected chi connectivity index (χ1v) is 9.69. The van der Waals surface area contributed by atoms with Gasteiger partial charge in [0.15, 0.2) is 0 Å². The van der Waals surface area contributed by atoms with E-state index in [1.165, 1.54) is 0 Å². The van der Waals surface area contributed by atoms with Gasteiger partial charge in [0.1, 0.15) is 4.90 Å². The second-order valence-corrected chi connectivity index (χ2v) is 9.26. The molecule has 0 radical (unpaired) electrons. The predicted molar refractivity (Wildman–Crippen MR) is 96.5 cm³/mol. The molecule has 2 rings (SSSR count). The van der Waals surface area contributed by atoms with Crippen molar-refractivity contribution in [1.82, 2.24) is 14.5 Å². The van der Waals surface area contributed by atoms with Crippen LogP contribution in [0, 0.1) is 5.92 Å². The van der Waals surface area contributed by atoms with Gasteiger partial charge in [0.2, 0.25) is 10.0 Å². The van der Waals surface area contributed by atoms with Gasteiger partial charge in [0, 0.05) is 18.2 Å². The number of rotatable bonds is 6. The van der Waals surface area contributed by atoms with E-state index in [-0.39, 0.29) is 16.2 Å². The molecule has 0 atom stereocenters. The van der Waals surface area contributed by atoms with Crippen LogP contribution in [0.2, 0.25) is 0 Å². The molecule has 0 saturated carbocycles. The molecule has 1 heterocycles. The summed E-state index contributed by atoms with van der Waals surface area (Å²) in [6.45, 7) is 10.8. The number of aromatic nitrogens is 2. The van der Waals surface area contributed by atoms with Crippen LogP contribution in [0.3, 0.4) is 0 Å². The normalized spacial score (nSPS) is 12.8. The minimum Gasteiger partial charge on any atom is -0.267 e. The molecule has 24 heavy (non-hydrogen) atoms. The van der Waals surface area contributed by atoms with Gasteiger partial charge in [-0.15, -0.1) is 0 Å². The van der Waals surface area contributed by atoms with Crippen molar-refractivity contribution >= 4 is 10.0 Å². The summed E-state index contributed by atoms with van der Waals surface area (Å²) >= 11 is 0. The zero-order valence-electron chi connectivity index (χ0n) is 15.1. The Bertz CT molecular complexity index is 772. The Hall–Kier alpha value is -1.66. The topological polar surface area (TPSA) is 64.0 Å². The summed E-state index contributed by atoms with van der Waals surface area (Å²) in [7, 11) is -3.57. The van der Waals surface area contributed by atoms with E-state index in [2.05, 4.69) is 9.82 Å². The summed E-state index contributed by atoms with van der Waals surface area (Å²) in [5, 5.41) is 4.57. The van der Waals surface area contributed by atoms with Crippen molar-refractivity contribution in [3.63, 3.8) is 0 Å². The maximum Gasteiger partial charge on any atom is 0.244 e. The first-order valence-electron chi connectivity index (χ1n) is 8.21.